The molecule has 0 aliphatic heterocycles. The van der Waals surface area contributed by atoms with Crippen molar-refractivity contribution in [3.05, 3.63) is 69.5 Å². The van der Waals surface area contributed by atoms with Crippen LogP contribution in [0.1, 0.15) is 49.7 Å². The summed E-state index contributed by atoms with van der Waals surface area (Å²) < 4.78 is 21.3. The molecule has 4 aliphatic carbocycles. The van der Waals surface area contributed by atoms with E-state index >= 15 is 4.39 Å². The van der Waals surface area contributed by atoms with E-state index in [4.69, 9.17) is 4.74 Å². The largest absolute Gasteiger partial charge is 0.486 e. The molecule has 146 valence electrons. The van der Waals surface area contributed by atoms with Gasteiger partial charge in [0.05, 0.1) is 11.0 Å². The van der Waals surface area contributed by atoms with E-state index in [9.17, 15) is 10.1 Å². The highest BCUT2D eigenvalue weighted by Gasteiger charge is 2.53. The van der Waals surface area contributed by atoms with Crippen molar-refractivity contribution in [2.45, 2.75) is 50.5 Å². The van der Waals surface area contributed by atoms with Gasteiger partial charge in [-0.25, -0.2) is 4.39 Å². The highest BCUT2D eigenvalue weighted by Crippen LogP contribution is 2.61. The van der Waals surface area contributed by atoms with Crippen LogP contribution in [0.25, 0.3) is 0 Å². The van der Waals surface area contributed by atoms with Crippen LogP contribution in [0.4, 0.5) is 10.1 Å². The molecule has 0 spiro atoms. The van der Waals surface area contributed by atoms with Gasteiger partial charge in [0.25, 0.3) is 5.69 Å². The molecule has 5 heteroatoms. The van der Waals surface area contributed by atoms with Crippen molar-refractivity contribution < 1.29 is 14.1 Å². The molecule has 0 atom stereocenters. The summed E-state index contributed by atoms with van der Waals surface area (Å²) in [4.78, 5) is 11.1. The lowest BCUT2D eigenvalue weighted by Gasteiger charge is -2.57. The van der Waals surface area contributed by atoms with E-state index in [2.05, 4.69) is 0 Å². The van der Waals surface area contributed by atoms with Crippen LogP contribution in [0.15, 0.2) is 42.5 Å². The Balaban J connectivity index is 1.52. The normalized spacial score (nSPS) is 30.4. The molecule has 6 rings (SSSR count). The lowest BCUT2D eigenvalue weighted by molar-refractivity contribution is -0.385. The van der Waals surface area contributed by atoms with Crippen molar-refractivity contribution in [2.75, 3.05) is 0 Å². The van der Waals surface area contributed by atoms with Gasteiger partial charge >= 0.3 is 0 Å². The molecule has 4 nitrogen and oxygen atoms in total. The minimum Gasteiger partial charge on any atom is -0.486 e. The molecule has 0 saturated heterocycles. The number of rotatable bonds is 5. The van der Waals surface area contributed by atoms with Crippen molar-refractivity contribution >= 4 is 5.69 Å². The molecule has 2 aromatic rings. The average molecular weight is 381 g/mol. The second-order valence-electron chi connectivity index (χ2n) is 9.03. The number of nitro benzene ring substituents is 1. The summed E-state index contributed by atoms with van der Waals surface area (Å²) in [7, 11) is 0. The fraction of sp³-hybridized carbons (Fsp3) is 0.478. The van der Waals surface area contributed by atoms with E-state index in [1.165, 1.54) is 31.4 Å². The maximum Gasteiger partial charge on any atom is 0.273 e. The third kappa shape index (κ3) is 2.97. The molecule has 0 heterocycles. The van der Waals surface area contributed by atoms with E-state index < -0.39 is 10.7 Å². The Hall–Kier alpha value is -2.43. The van der Waals surface area contributed by atoms with Gasteiger partial charge in [-0.05, 0) is 67.3 Å². The van der Waals surface area contributed by atoms with Crippen molar-refractivity contribution in [3.8, 4) is 5.75 Å². The zero-order chi connectivity index (χ0) is 19.3. The lowest BCUT2D eigenvalue weighted by Crippen LogP contribution is -2.49. The molecule has 2 aromatic carbocycles. The molecule has 0 unspecified atom stereocenters. The number of nitrogens with zero attached hydrogens (tertiary/aromatic N) is 1. The van der Waals surface area contributed by atoms with Crippen LogP contribution in [0.3, 0.4) is 0 Å². The molecule has 4 fully saturated rings. The molecule has 4 saturated carbocycles. The van der Waals surface area contributed by atoms with Gasteiger partial charge in [-0.2, -0.15) is 0 Å². The van der Waals surface area contributed by atoms with Crippen molar-refractivity contribution in [1.29, 1.82) is 0 Å². The molecule has 4 aliphatic rings. The first kappa shape index (κ1) is 17.7. The van der Waals surface area contributed by atoms with E-state index in [1.807, 2.05) is 30.3 Å². The molecule has 0 aromatic heterocycles. The van der Waals surface area contributed by atoms with Crippen molar-refractivity contribution in [3.63, 3.8) is 0 Å². The van der Waals surface area contributed by atoms with Gasteiger partial charge in [-0.3, -0.25) is 10.1 Å². The maximum absolute atomic E-state index is 15.6. The zero-order valence-electron chi connectivity index (χ0n) is 15.8. The van der Waals surface area contributed by atoms with Gasteiger partial charge in [-0.15, -0.1) is 0 Å². The van der Waals surface area contributed by atoms with Gasteiger partial charge in [0, 0.05) is 11.6 Å². The SMILES string of the molecule is O=[N+]([O-])c1cc(OCc2ccccc2)c(F)c(C23CC4CC(CC(C4)C2)C3)c1. The highest BCUT2D eigenvalue weighted by atomic mass is 19.1. The van der Waals surface area contributed by atoms with Crippen LogP contribution in [0, 0.1) is 33.7 Å². The third-order valence-electron chi connectivity index (χ3n) is 7.08. The summed E-state index contributed by atoms with van der Waals surface area (Å²) in [5.41, 5.74) is 1.10. The second-order valence-corrected chi connectivity index (χ2v) is 9.03. The Morgan fingerprint density at radius 1 is 1.04 bits per heavy atom. The fourth-order valence-corrected chi connectivity index (χ4v) is 6.36. The predicted molar refractivity (Wildman–Crippen MR) is 104 cm³/mol. The number of ether oxygens (including phenoxy) is 1. The minimum atomic E-state index is -0.432. The number of benzene rings is 2. The Morgan fingerprint density at radius 2 is 1.64 bits per heavy atom. The second kappa shape index (κ2) is 6.57. The number of non-ortho nitro benzene ring substituents is 1. The Labute approximate surface area is 163 Å². The van der Waals surface area contributed by atoms with Crippen LogP contribution in [-0.4, -0.2) is 4.92 Å². The number of nitro groups is 1. The summed E-state index contributed by atoms with van der Waals surface area (Å²) in [6.07, 6.45) is 6.59. The van der Waals surface area contributed by atoms with Crippen LogP contribution in [-0.2, 0) is 12.0 Å². The van der Waals surface area contributed by atoms with Gasteiger partial charge in [0.2, 0.25) is 0 Å². The molecular weight excluding hydrogens is 357 g/mol. The summed E-state index contributed by atoms with van der Waals surface area (Å²) in [5, 5.41) is 11.5. The summed E-state index contributed by atoms with van der Waals surface area (Å²) in [6, 6.07) is 12.2. The topological polar surface area (TPSA) is 52.4 Å². The first-order chi connectivity index (χ1) is 13.5. The quantitative estimate of drug-likeness (QED) is 0.487. The maximum atomic E-state index is 15.6. The average Bonchev–Trinajstić information content (AvgIpc) is 2.66. The van der Waals surface area contributed by atoms with Gasteiger partial charge in [0.15, 0.2) is 11.6 Å². The molecule has 0 radical (unpaired) electrons. The van der Waals surface area contributed by atoms with Gasteiger partial charge in [-0.1, -0.05) is 30.3 Å². The van der Waals surface area contributed by atoms with Crippen LogP contribution < -0.4 is 4.74 Å². The van der Waals surface area contributed by atoms with Crippen LogP contribution >= 0.6 is 0 Å². The molecule has 0 amide bonds. The van der Waals surface area contributed by atoms with E-state index in [0.29, 0.717) is 23.3 Å². The van der Waals surface area contributed by atoms with E-state index in [0.717, 1.165) is 24.8 Å². The summed E-state index contributed by atoms with van der Waals surface area (Å²) in [6.45, 7) is 0.194. The van der Waals surface area contributed by atoms with Gasteiger partial charge < -0.3 is 4.74 Å². The Bertz CT molecular complexity index is 876. The Kier molecular flexibility index (Phi) is 4.14. The minimum absolute atomic E-state index is 0.00352. The van der Waals surface area contributed by atoms with Crippen molar-refractivity contribution in [2.24, 2.45) is 17.8 Å². The smallest absolute Gasteiger partial charge is 0.273 e. The Morgan fingerprint density at radius 3 is 2.21 bits per heavy atom. The third-order valence-corrected chi connectivity index (χ3v) is 7.08. The summed E-state index contributed by atoms with van der Waals surface area (Å²) in [5.74, 6) is 1.52. The zero-order valence-corrected chi connectivity index (χ0v) is 15.8. The first-order valence-electron chi connectivity index (χ1n) is 10.2. The van der Waals surface area contributed by atoms with E-state index in [1.54, 1.807) is 0 Å². The first-order valence-corrected chi connectivity index (χ1v) is 10.2. The van der Waals surface area contributed by atoms with Crippen molar-refractivity contribution in [1.82, 2.24) is 0 Å². The summed E-state index contributed by atoms with van der Waals surface area (Å²) >= 11 is 0. The number of hydrogen-bond donors (Lipinski definition) is 0. The van der Waals surface area contributed by atoms with E-state index in [-0.39, 0.29) is 23.5 Å². The molecular formula is C23H24FNO3. The standard InChI is InChI=1S/C23H24FNO3/c24-22-20(23-11-16-6-17(12-23)8-18(7-16)13-23)9-19(25(26)27)10-21(22)28-14-15-4-2-1-3-5-15/h1-5,9-10,16-18H,6-8,11-14H2. The molecule has 0 N–H and O–H groups in total. The number of hydrogen-bond acceptors (Lipinski definition) is 3. The van der Waals surface area contributed by atoms with Gasteiger partial charge in [0.1, 0.15) is 6.61 Å². The number of halogens is 1. The fourth-order valence-electron chi connectivity index (χ4n) is 6.36. The lowest BCUT2D eigenvalue weighted by atomic mass is 9.48. The van der Waals surface area contributed by atoms with Crippen LogP contribution in [0.5, 0.6) is 5.75 Å². The monoisotopic (exact) mass is 381 g/mol. The molecule has 4 bridgehead atoms. The highest BCUT2D eigenvalue weighted by molar-refractivity contribution is 5.48. The van der Waals surface area contributed by atoms with Crippen LogP contribution in [0.2, 0.25) is 0 Å². The molecule has 28 heavy (non-hydrogen) atoms. The predicted octanol–water partition coefficient (Wildman–Crippen LogP) is 5.78.